The maximum atomic E-state index is 11.1. The minimum atomic E-state index is -0.519. The van der Waals surface area contributed by atoms with Crippen LogP contribution in [0.3, 0.4) is 0 Å². The number of nitro groups is 2. The van der Waals surface area contributed by atoms with Gasteiger partial charge in [0, 0.05) is 28.7 Å². The van der Waals surface area contributed by atoms with Crippen molar-refractivity contribution in [1.29, 1.82) is 5.26 Å². The van der Waals surface area contributed by atoms with Crippen molar-refractivity contribution in [2.24, 2.45) is 0 Å². The molecule has 3 aromatic carbocycles. The number of nitro benzene ring substituents is 2. The molecular weight excluding hydrogens is 506 g/mol. The predicted molar refractivity (Wildman–Crippen MR) is 129 cm³/mol. The Balaban J connectivity index is 1.93. The third kappa shape index (κ3) is 5.96. The zero-order valence-electron chi connectivity index (χ0n) is 17.9. The van der Waals surface area contributed by atoms with Gasteiger partial charge >= 0.3 is 0 Å². The quantitative estimate of drug-likeness (QED) is 0.139. The third-order valence-corrected chi connectivity index (χ3v) is 5.35. The smallest absolute Gasteiger partial charge is 0.270 e. The molecule has 0 aliphatic rings. The topological polar surface area (TPSA) is 129 Å². The van der Waals surface area contributed by atoms with Crippen LogP contribution in [0.2, 0.25) is 0 Å². The molecule has 34 heavy (non-hydrogen) atoms. The standard InChI is InChI=1S/C24H18BrN3O6/c1-2-33-23-12-18(10-19(14-26)17-6-4-8-21(11-17)28(31)32)22(25)13-24(23)34-15-16-5-3-7-20(9-16)27(29)30/h3-13H,2,15H2,1H3/b19-10-. The van der Waals surface area contributed by atoms with Crippen LogP contribution < -0.4 is 9.47 Å². The summed E-state index contributed by atoms with van der Waals surface area (Å²) in [4.78, 5) is 21.1. The van der Waals surface area contributed by atoms with E-state index >= 15 is 0 Å². The highest BCUT2D eigenvalue weighted by molar-refractivity contribution is 9.10. The van der Waals surface area contributed by atoms with Gasteiger partial charge in [0.25, 0.3) is 11.4 Å². The van der Waals surface area contributed by atoms with Gasteiger partial charge in [0.2, 0.25) is 0 Å². The van der Waals surface area contributed by atoms with Gasteiger partial charge in [0.05, 0.1) is 28.1 Å². The molecule has 3 aromatic rings. The summed E-state index contributed by atoms with van der Waals surface area (Å²) in [7, 11) is 0. The van der Waals surface area contributed by atoms with Crippen LogP contribution in [0.5, 0.6) is 11.5 Å². The van der Waals surface area contributed by atoms with Gasteiger partial charge in [-0.1, -0.05) is 40.2 Å². The largest absolute Gasteiger partial charge is 0.490 e. The SMILES string of the molecule is CCOc1cc(/C=C(/C#N)c2cccc([N+](=O)[O-])c2)c(Br)cc1OCc1cccc([N+](=O)[O-])c1. The van der Waals surface area contributed by atoms with Crippen LogP contribution in [0.25, 0.3) is 11.6 Å². The minimum Gasteiger partial charge on any atom is -0.490 e. The maximum absolute atomic E-state index is 11.1. The van der Waals surface area contributed by atoms with E-state index in [1.165, 1.54) is 30.3 Å². The van der Waals surface area contributed by atoms with Gasteiger partial charge in [-0.15, -0.1) is 0 Å². The fraction of sp³-hybridized carbons (Fsp3) is 0.125. The lowest BCUT2D eigenvalue weighted by Gasteiger charge is -2.14. The fourth-order valence-electron chi connectivity index (χ4n) is 3.09. The average Bonchev–Trinajstić information content (AvgIpc) is 2.83. The van der Waals surface area contributed by atoms with Crippen LogP contribution in [0, 0.1) is 31.6 Å². The summed E-state index contributed by atoms with van der Waals surface area (Å²) in [5.74, 6) is 0.824. The summed E-state index contributed by atoms with van der Waals surface area (Å²) in [6.07, 6.45) is 1.59. The monoisotopic (exact) mass is 523 g/mol. The van der Waals surface area contributed by atoms with Crippen LogP contribution in [-0.4, -0.2) is 16.5 Å². The predicted octanol–water partition coefficient (Wildman–Crippen LogP) is 6.31. The Kier molecular flexibility index (Phi) is 7.95. The van der Waals surface area contributed by atoms with Crippen LogP contribution in [0.4, 0.5) is 11.4 Å². The van der Waals surface area contributed by atoms with Gasteiger partial charge in [-0.3, -0.25) is 20.2 Å². The highest BCUT2D eigenvalue weighted by Gasteiger charge is 2.14. The zero-order valence-corrected chi connectivity index (χ0v) is 19.5. The normalized spacial score (nSPS) is 10.9. The molecule has 0 heterocycles. The summed E-state index contributed by atoms with van der Waals surface area (Å²) in [6, 6.07) is 17.4. The van der Waals surface area contributed by atoms with Gasteiger partial charge in [-0.2, -0.15) is 5.26 Å². The second kappa shape index (κ2) is 11.1. The molecule has 9 nitrogen and oxygen atoms in total. The van der Waals surface area contributed by atoms with E-state index in [-0.39, 0.29) is 23.6 Å². The molecule has 0 fully saturated rings. The molecule has 0 unspecified atom stereocenters. The first kappa shape index (κ1) is 24.4. The Morgan fingerprint density at radius 2 is 1.65 bits per heavy atom. The third-order valence-electron chi connectivity index (χ3n) is 4.67. The number of rotatable bonds is 9. The minimum absolute atomic E-state index is 0.0296. The van der Waals surface area contributed by atoms with Gasteiger partial charge in [0.1, 0.15) is 6.61 Å². The number of non-ortho nitro benzene ring substituents is 2. The molecule has 0 N–H and O–H groups in total. The average molecular weight is 524 g/mol. The van der Waals surface area contributed by atoms with E-state index in [2.05, 4.69) is 22.0 Å². The zero-order chi connectivity index (χ0) is 24.7. The number of ether oxygens (including phenoxy) is 2. The molecule has 0 saturated heterocycles. The number of hydrogen-bond donors (Lipinski definition) is 0. The molecule has 10 heteroatoms. The summed E-state index contributed by atoms with van der Waals surface area (Å²) in [5.41, 5.74) is 1.73. The van der Waals surface area contributed by atoms with Crippen molar-refractivity contribution < 1.29 is 19.3 Å². The lowest BCUT2D eigenvalue weighted by atomic mass is 10.0. The van der Waals surface area contributed by atoms with Crippen molar-refractivity contribution in [1.82, 2.24) is 0 Å². The first-order valence-corrected chi connectivity index (χ1v) is 10.8. The maximum Gasteiger partial charge on any atom is 0.270 e. The lowest BCUT2D eigenvalue weighted by Crippen LogP contribution is -2.01. The van der Waals surface area contributed by atoms with Crippen molar-refractivity contribution in [2.75, 3.05) is 6.61 Å². The van der Waals surface area contributed by atoms with Gasteiger partial charge in [0.15, 0.2) is 11.5 Å². The second-order valence-electron chi connectivity index (χ2n) is 6.95. The van der Waals surface area contributed by atoms with Crippen molar-refractivity contribution in [3.8, 4) is 17.6 Å². The molecule has 0 atom stereocenters. The summed E-state index contributed by atoms with van der Waals surface area (Å²) < 4.78 is 12.2. The first-order valence-electron chi connectivity index (χ1n) is 10.0. The summed E-state index contributed by atoms with van der Waals surface area (Å²) in [5, 5.41) is 31.7. The molecule has 172 valence electrons. The molecule has 0 bridgehead atoms. The Labute approximate surface area is 203 Å². The molecule has 0 aliphatic carbocycles. The lowest BCUT2D eigenvalue weighted by molar-refractivity contribution is -0.385. The van der Waals surface area contributed by atoms with E-state index in [1.807, 2.05) is 6.92 Å². The molecular formula is C24H18BrN3O6. The van der Waals surface area contributed by atoms with Gasteiger partial charge < -0.3 is 9.47 Å². The van der Waals surface area contributed by atoms with Crippen molar-refractivity contribution in [3.05, 3.63) is 102 Å². The van der Waals surface area contributed by atoms with E-state index in [0.717, 1.165) is 0 Å². The van der Waals surface area contributed by atoms with E-state index in [9.17, 15) is 25.5 Å². The molecule has 0 spiro atoms. The Morgan fingerprint density at radius 3 is 2.29 bits per heavy atom. The number of nitrogens with zero attached hydrogens (tertiary/aromatic N) is 3. The van der Waals surface area contributed by atoms with Crippen LogP contribution >= 0.6 is 15.9 Å². The van der Waals surface area contributed by atoms with E-state index < -0.39 is 9.85 Å². The number of nitriles is 1. The highest BCUT2D eigenvalue weighted by atomic mass is 79.9. The molecule has 0 aliphatic heterocycles. The van der Waals surface area contributed by atoms with Crippen LogP contribution in [0.1, 0.15) is 23.6 Å². The van der Waals surface area contributed by atoms with Gasteiger partial charge in [-0.05, 0) is 41.8 Å². The van der Waals surface area contributed by atoms with Crippen LogP contribution in [-0.2, 0) is 6.61 Å². The van der Waals surface area contributed by atoms with Crippen molar-refractivity contribution >= 4 is 39.0 Å². The summed E-state index contributed by atoms with van der Waals surface area (Å²) >= 11 is 3.47. The highest BCUT2D eigenvalue weighted by Crippen LogP contribution is 2.36. The summed E-state index contributed by atoms with van der Waals surface area (Å²) in [6.45, 7) is 2.25. The number of halogens is 1. The molecule has 0 saturated carbocycles. The Morgan fingerprint density at radius 1 is 1.00 bits per heavy atom. The van der Waals surface area contributed by atoms with E-state index in [4.69, 9.17) is 9.47 Å². The molecule has 0 radical (unpaired) electrons. The molecule has 3 rings (SSSR count). The van der Waals surface area contributed by atoms with E-state index in [0.29, 0.717) is 39.3 Å². The fourth-order valence-corrected chi connectivity index (χ4v) is 3.52. The second-order valence-corrected chi connectivity index (χ2v) is 7.80. The van der Waals surface area contributed by atoms with Crippen molar-refractivity contribution in [3.63, 3.8) is 0 Å². The number of hydrogen-bond acceptors (Lipinski definition) is 7. The van der Waals surface area contributed by atoms with Crippen molar-refractivity contribution in [2.45, 2.75) is 13.5 Å². The van der Waals surface area contributed by atoms with Gasteiger partial charge in [-0.25, -0.2) is 0 Å². The molecule has 0 amide bonds. The Bertz CT molecular complexity index is 1320. The van der Waals surface area contributed by atoms with Crippen LogP contribution in [0.15, 0.2) is 65.1 Å². The number of benzene rings is 3. The Hall–Kier alpha value is -4.23. The first-order chi connectivity index (χ1) is 16.3. The molecule has 0 aromatic heterocycles. The van der Waals surface area contributed by atoms with E-state index in [1.54, 1.807) is 36.4 Å². The number of allylic oxidation sites excluding steroid dienone is 1.